The molecule has 0 saturated heterocycles. The normalized spacial score (nSPS) is 9.79. The Hall–Kier alpha value is -0.0700. The molecule has 0 saturated carbocycles. The van der Waals surface area contributed by atoms with Crippen molar-refractivity contribution in [2.75, 3.05) is 0 Å². The predicted octanol–water partition coefficient (Wildman–Crippen LogP) is -1.22. The summed E-state index contributed by atoms with van der Waals surface area (Å²) in [7, 11) is -4.17. The molecule has 0 heterocycles. The zero-order valence-electron chi connectivity index (χ0n) is 8.34. The number of nitrogens with zero attached hydrogens (tertiary/aromatic N) is 1. The van der Waals surface area contributed by atoms with Crippen LogP contribution in [0.4, 0.5) is 5.69 Å². The molecule has 0 atom stereocenters. The molecule has 4 nitrogen and oxygen atoms in total. The van der Waals surface area contributed by atoms with E-state index in [2.05, 4.69) is 22.4 Å². The minimum Gasteiger partial charge on any atom is -1.00 e. The number of thiocarbonyl (C=S) groups is 1. The van der Waals surface area contributed by atoms with Gasteiger partial charge in [0.25, 0.3) is 10.1 Å². The van der Waals surface area contributed by atoms with Gasteiger partial charge in [0.15, 0.2) is 0 Å². The monoisotopic (exact) mass is 239 g/mol. The first kappa shape index (κ1) is 13.9. The zero-order valence-corrected chi connectivity index (χ0v) is 11.0. The largest absolute Gasteiger partial charge is 1.00 e. The van der Waals surface area contributed by atoms with Crippen molar-refractivity contribution < 1.29 is 44.0 Å². The molecule has 0 bridgehead atoms. The Balaban J connectivity index is 0. The summed E-state index contributed by atoms with van der Waals surface area (Å²) in [5, 5.41) is 2.09. The quantitative estimate of drug-likeness (QED) is 0.304. The van der Waals surface area contributed by atoms with Crippen LogP contribution < -0.4 is 29.6 Å². The van der Waals surface area contributed by atoms with Crippen molar-refractivity contribution in [3.8, 4) is 0 Å². The average Bonchev–Trinajstić information content (AvgIpc) is 2.04. The van der Waals surface area contributed by atoms with Crippen molar-refractivity contribution in [2.24, 2.45) is 4.99 Å². The molecule has 0 spiro atoms. The Bertz CT molecular complexity index is 471. The van der Waals surface area contributed by atoms with Gasteiger partial charge in [-0.2, -0.15) is 13.4 Å². The summed E-state index contributed by atoms with van der Waals surface area (Å²) in [6.45, 7) is 0. The van der Waals surface area contributed by atoms with E-state index in [1.54, 1.807) is 6.07 Å². The Morgan fingerprint density at radius 1 is 1.50 bits per heavy atom. The van der Waals surface area contributed by atoms with Gasteiger partial charge in [0.05, 0.1) is 15.7 Å². The first-order valence-electron chi connectivity index (χ1n) is 3.19. The van der Waals surface area contributed by atoms with E-state index in [-0.39, 0.29) is 35.9 Å². The van der Waals surface area contributed by atoms with Gasteiger partial charge >= 0.3 is 29.6 Å². The predicted molar refractivity (Wildman–Crippen MR) is 52.1 cm³/mol. The van der Waals surface area contributed by atoms with E-state index in [0.717, 1.165) is 0 Å². The van der Waals surface area contributed by atoms with Gasteiger partial charge in [0.2, 0.25) is 0 Å². The smallest absolute Gasteiger partial charge is 1.00 e. The number of isothiocyanates is 1. The van der Waals surface area contributed by atoms with Crippen LogP contribution >= 0.6 is 12.2 Å². The molecule has 0 fully saturated rings. The third-order valence-electron chi connectivity index (χ3n) is 1.29. The van der Waals surface area contributed by atoms with E-state index in [0.29, 0.717) is 5.69 Å². The van der Waals surface area contributed by atoms with E-state index >= 15 is 0 Å². The Kier molecular flexibility index (Phi) is 5.70. The molecule has 0 unspecified atom stereocenters. The van der Waals surface area contributed by atoms with Gasteiger partial charge in [0, 0.05) is 0 Å². The fraction of sp³-hybridized carbons (Fsp3) is 0. The Labute approximate surface area is 111 Å². The van der Waals surface area contributed by atoms with E-state index < -0.39 is 10.1 Å². The molecule has 0 aliphatic rings. The molecule has 0 aromatic heterocycles. The standard InChI is InChI=1S/C7H5NO3S2.Na.H/c9-13(10,11)7-3-1-2-6(4-7)8-5-12;;/h1-4H,(H,9,10,11);;/q;+1;-1. The maximum absolute atomic E-state index is 10.7. The molecule has 0 aliphatic carbocycles. The molecule has 14 heavy (non-hydrogen) atoms. The van der Waals surface area contributed by atoms with Crippen molar-refractivity contribution in [3.63, 3.8) is 0 Å². The topological polar surface area (TPSA) is 66.7 Å². The molecule has 0 amide bonds. The first-order valence-corrected chi connectivity index (χ1v) is 5.04. The number of hydrogen-bond acceptors (Lipinski definition) is 4. The number of rotatable bonds is 2. The molecule has 1 N–H and O–H groups in total. The summed E-state index contributed by atoms with van der Waals surface area (Å²) in [6, 6.07) is 5.47. The molecule has 0 aliphatic heterocycles. The van der Waals surface area contributed by atoms with Crippen molar-refractivity contribution >= 4 is 33.2 Å². The van der Waals surface area contributed by atoms with Crippen LogP contribution in [0.15, 0.2) is 34.2 Å². The minimum atomic E-state index is -4.17. The minimum absolute atomic E-state index is 0. The number of aliphatic imine (C=N–C) groups is 1. The van der Waals surface area contributed by atoms with Crippen LogP contribution in [0.3, 0.4) is 0 Å². The van der Waals surface area contributed by atoms with Crippen LogP contribution in [0.5, 0.6) is 0 Å². The molecular weight excluding hydrogens is 233 g/mol. The molecule has 1 aromatic carbocycles. The van der Waals surface area contributed by atoms with E-state index in [1.165, 1.54) is 18.2 Å². The van der Waals surface area contributed by atoms with E-state index in [1.807, 2.05) is 0 Å². The fourth-order valence-corrected chi connectivity index (χ4v) is 1.39. The van der Waals surface area contributed by atoms with Gasteiger partial charge in [-0.1, -0.05) is 6.07 Å². The second-order valence-corrected chi connectivity index (χ2v) is 3.78. The van der Waals surface area contributed by atoms with Crippen molar-refractivity contribution in [1.29, 1.82) is 0 Å². The Morgan fingerprint density at radius 3 is 2.64 bits per heavy atom. The van der Waals surface area contributed by atoms with E-state index in [9.17, 15) is 8.42 Å². The number of benzene rings is 1. The van der Waals surface area contributed by atoms with Crippen molar-refractivity contribution in [2.45, 2.75) is 4.90 Å². The van der Waals surface area contributed by atoms with Crippen LogP contribution in [0, 0.1) is 0 Å². The molecule has 1 aromatic rings. The first-order chi connectivity index (χ1) is 6.04. The summed E-state index contributed by atoms with van der Waals surface area (Å²) in [5.74, 6) is 0. The van der Waals surface area contributed by atoms with Gasteiger partial charge in [-0.25, -0.2) is 0 Å². The van der Waals surface area contributed by atoms with Crippen molar-refractivity contribution in [3.05, 3.63) is 24.3 Å². The van der Waals surface area contributed by atoms with Gasteiger partial charge in [-0.05, 0) is 30.4 Å². The zero-order chi connectivity index (χ0) is 9.90. The van der Waals surface area contributed by atoms with Gasteiger partial charge < -0.3 is 1.43 Å². The number of hydrogen-bond donors (Lipinski definition) is 1. The molecule has 0 radical (unpaired) electrons. The maximum atomic E-state index is 10.7. The SMILES string of the molecule is O=S(=O)(O)c1cccc(N=C=S)c1.[H-].[Na+]. The van der Waals surface area contributed by atoms with Gasteiger partial charge in [-0.15, -0.1) is 0 Å². The summed E-state index contributed by atoms with van der Waals surface area (Å²) in [4.78, 5) is 3.36. The van der Waals surface area contributed by atoms with Crippen LogP contribution in [0.2, 0.25) is 0 Å². The van der Waals surface area contributed by atoms with Crippen molar-refractivity contribution in [1.82, 2.24) is 0 Å². The fourth-order valence-electron chi connectivity index (χ4n) is 0.766. The van der Waals surface area contributed by atoms with Crippen LogP contribution in [0.1, 0.15) is 1.43 Å². The van der Waals surface area contributed by atoms with E-state index in [4.69, 9.17) is 4.55 Å². The molecule has 7 heteroatoms. The summed E-state index contributed by atoms with van der Waals surface area (Å²) < 4.78 is 30.0. The van der Waals surface area contributed by atoms with Gasteiger partial charge in [0.1, 0.15) is 0 Å². The van der Waals surface area contributed by atoms with Crippen LogP contribution in [0.25, 0.3) is 0 Å². The maximum Gasteiger partial charge on any atom is 1.00 e. The summed E-state index contributed by atoms with van der Waals surface area (Å²) in [6.07, 6.45) is 0. The second-order valence-electron chi connectivity index (χ2n) is 2.18. The molecule has 70 valence electrons. The Morgan fingerprint density at radius 2 is 2.14 bits per heavy atom. The molecule has 1 rings (SSSR count). The van der Waals surface area contributed by atoms with Crippen LogP contribution in [-0.4, -0.2) is 18.1 Å². The average molecular weight is 239 g/mol. The van der Waals surface area contributed by atoms with Gasteiger partial charge in [-0.3, -0.25) is 4.55 Å². The van der Waals surface area contributed by atoms with Crippen LogP contribution in [-0.2, 0) is 10.1 Å². The second kappa shape index (κ2) is 5.72. The molecular formula is C7H6NNaO3S2. The summed E-state index contributed by atoms with van der Waals surface area (Å²) >= 11 is 4.34. The third-order valence-corrected chi connectivity index (χ3v) is 2.23. The summed E-state index contributed by atoms with van der Waals surface area (Å²) in [5.41, 5.74) is 0.338. The third kappa shape index (κ3) is 3.98.